The first kappa shape index (κ1) is 14.0. The van der Waals surface area contributed by atoms with Crippen molar-refractivity contribution in [2.75, 3.05) is 12.1 Å². The Bertz CT molecular complexity index is 830. The number of H-pyrrole nitrogens is 1. The molecule has 23 heavy (non-hydrogen) atoms. The van der Waals surface area contributed by atoms with Gasteiger partial charge in [0.1, 0.15) is 0 Å². The Morgan fingerprint density at radius 1 is 1.09 bits per heavy atom. The number of fused-ring (bicyclic) bond motifs is 1. The van der Waals surface area contributed by atoms with E-state index in [1.54, 1.807) is 6.20 Å². The number of rotatable bonds is 4. The zero-order valence-corrected chi connectivity index (χ0v) is 12.9. The summed E-state index contributed by atoms with van der Waals surface area (Å²) >= 11 is 5.90. The Morgan fingerprint density at radius 2 is 1.91 bits per heavy atom. The summed E-state index contributed by atoms with van der Waals surface area (Å²) in [6, 6.07) is 13.5. The standard InChI is InChI=1S/C17H14ClN3O2/c18-13-4-2-12(3-5-13)14-9-20-17(21-14)19-8-11-1-6-15-16(7-11)23-10-22-15/h1-7,9H,8,10H2,(H2,19,20,21). The third-order valence-corrected chi connectivity index (χ3v) is 3.88. The highest BCUT2D eigenvalue weighted by Crippen LogP contribution is 2.32. The van der Waals surface area contributed by atoms with Gasteiger partial charge >= 0.3 is 0 Å². The summed E-state index contributed by atoms with van der Waals surface area (Å²) < 4.78 is 10.7. The van der Waals surface area contributed by atoms with Crippen LogP contribution in [0.5, 0.6) is 11.5 Å². The van der Waals surface area contributed by atoms with Gasteiger partial charge in [0.2, 0.25) is 12.7 Å². The lowest BCUT2D eigenvalue weighted by atomic mass is 10.2. The fourth-order valence-electron chi connectivity index (χ4n) is 2.42. The van der Waals surface area contributed by atoms with Gasteiger partial charge in [0.15, 0.2) is 11.5 Å². The molecule has 2 heterocycles. The van der Waals surface area contributed by atoms with Gasteiger partial charge in [0.25, 0.3) is 0 Å². The molecule has 0 aliphatic carbocycles. The smallest absolute Gasteiger partial charge is 0.231 e. The predicted molar refractivity (Wildman–Crippen MR) is 88.9 cm³/mol. The number of ether oxygens (including phenoxy) is 2. The molecule has 1 aliphatic rings. The molecule has 0 bridgehead atoms. The van der Waals surface area contributed by atoms with E-state index in [0.717, 1.165) is 33.3 Å². The number of hydrogen-bond acceptors (Lipinski definition) is 4. The molecule has 0 radical (unpaired) electrons. The fourth-order valence-corrected chi connectivity index (χ4v) is 2.55. The molecule has 5 nitrogen and oxygen atoms in total. The minimum atomic E-state index is 0.287. The van der Waals surface area contributed by atoms with Gasteiger partial charge in [0.05, 0.1) is 11.9 Å². The number of hydrogen-bond donors (Lipinski definition) is 2. The van der Waals surface area contributed by atoms with Gasteiger partial charge in [-0.15, -0.1) is 0 Å². The number of imidazole rings is 1. The van der Waals surface area contributed by atoms with Gasteiger partial charge < -0.3 is 19.8 Å². The lowest BCUT2D eigenvalue weighted by molar-refractivity contribution is 0.174. The predicted octanol–water partition coefficient (Wildman–Crippen LogP) is 4.07. The average Bonchev–Trinajstić information content (AvgIpc) is 3.22. The van der Waals surface area contributed by atoms with Crippen LogP contribution in [0.2, 0.25) is 5.02 Å². The van der Waals surface area contributed by atoms with Gasteiger partial charge in [-0.3, -0.25) is 0 Å². The number of nitrogens with zero attached hydrogens (tertiary/aromatic N) is 1. The molecule has 0 atom stereocenters. The van der Waals surface area contributed by atoms with Crippen LogP contribution in [0.15, 0.2) is 48.7 Å². The van der Waals surface area contributed by atoms with Crippen molar-refractivity contribution in [1.29, 1.82) is 0 Å². The van der Waals surface area contributed by atoms with Crippen LogP contribution in [0, 0.1) is 0 Å². The van der Waals surface area contributed by atoms with E-state index in [0.29, 0.717) is 12.5 Å². The molecular weight excluding hydrogens is 314 g/mol. The Kier molecular flexibility index (Phi) is 3.55. The van der Waals surface area contributed by atoms with Crippen molar-refractivity contribution in [2.45, 2.75) is 6.54 Å². The summed E-state index contributed by atoms with van der Waals surface area (Å²) in [7, 11) is 0. The zero-order valence-electron chi connectivity index (χ0n) is 12.2. The lowest BCUT2D eigenvalue weighted by Crippen LogP contribution is -2.00. The van der Waals surface area contributed by atoms with Crippen molar-refractivity contribution in [3.63, 3.8) is 0 Å². The number of anilines is 1. The second-order valence-corrected chi connectivity index (χ2v) is 5.63. The van der Waals surface area contributed by atoms with Crippen molar-refractivity contribution in [2.24, 2.45) is 0 Å². The van der Waals surface area contributed by atoms with Gasteiger partial charge in [-0.2, -0.15) is 0 Å². The number of benzene rings is 2. The fraction of sp³-hybridized carbons (Fsp3) is 0.118. The molecule has 2 N–H and O–H groups in total. The molecule has 0 saturated carbocycles. The number of halogens is 1. The highest BCUT2D eigenvalue weighted by atomic mass is 35.5. The van der Waals surface area contributed by atoms with E-state index >= 15 is 0 Å². The maximum Gasteiger partial charge on any atom is 0.231 e. The van der Waals surface area contributed by atoms with Crippen LogP contribution in [-0.2, 0) is 6.54 Å². The molecule has 116 valence electrons. The quantitative estimate of drug-likeness (QED) is 0.758. The lowest BCUT2D eigenvalue weighted by Gasteiger charge is -2.04. The average molecular weight is 328 g/mol. The highest BCUT2D eigenvalue weighted by molar-refractivity contribution is 6.30. The Balaban J connectivity index is 1.44. The summed E-state index contributed by atoms with van der Waals surface area (Å²) in [6.45, 7) is 0.930. The van der Waals surface area contributed by atoms with Crippen molar-refractivity contribution in [3.05, 3.63) is 59.2 Å². The van der Waals surface area contributed by atoms with E-state index in [-0.39, 0.29) is 6.79 Å². The van der Waals surface area contributed by atoms with E-state index in [1.165, 1.54) is 0 Å². The summed E-state index contributed by atoms with van der Waals surface area (Å²) in [4.78, 5) is 7.60. The minimum absolute atomic E-state index is 0.287. The van der Waals surface area contributed by atoms with Crippen LogP contribution in [-0.4, -0.2) is 16.8 Å². The van der Waals surface area contributed by atoms with Crippen LogP contribution < -0.4 is 14.8 Å². The third kappa shape index (κ3) is 2.96. The molecular formula is C17H14ClN3O2. The first-order chi connectivity index (χ1) is 11.3. The summed E-state index contributed by atoms with van der Waals surface area (Å²) in [6.07, 6.45) is 1.80. The SMILES string of the molecule is Clc1ccc(-c2cnc(NCc3ccc4c(c3)OCO4)[nH]2)cc1. The Hall–Kier alpha value is -2.66. The summed E-state index contributed by atoms with van der Waals surface area (Å²) in [5.74, 6) is 2.29. The maximum absolute atomic E-state index is 5.90. The van der Waals surface area contributed by atoms with E-state index in [1.807, 2.05) is 42.5 Å². The van der Waals surface area contributed by atoms with E-state index in [4.69, 9.17) is 21.1 Å². The largest absolute Gasteiger partial charge is 0.454 e. The van der Waals surface area contributed by atoms with Gasteiger partial charge in [0, 0.05) is 11.6 Å². The maximum atomic E-state index is 5.90. The van der Waals surface area contributed by atoms with Gasteiger partial charge in [-0.25, -0.2) is 4.98 Å². The molecule has 2 aromatic carbocycles. The van der Waals surface area contributed by atoms with E-state index in [2.05, 4.69) is 15.3 Å². The topological polar surface area (TPSA) is 59.2 Å². The first-order valence-corrected chi connectivity index (χ1v) is 7.59. The number of aromatic amines is 1. The normalized spacial score (nSPS) is 12.4. The van der Waals surface area contributed by atoms with Crippen LogP contribution in [0.25, 0.3) is 11.3 Å². The minimum Gasteiger partial charge on any atom is -0.454 e. The molecule has 0 fully saturated rings. The van der Waals surface area contributed by atoms with Crippen LogP contribution in [0.1, 0.15) is 5.56 Å². The Morgan fingerprint density at radius 3 is 2.78 bits per heavy atom. The molecule has 1 aliphatic heterocycles. The zero-order chi connectivity index (χ0) is 15.6. The number of nitrogens with one attached hydrogen (secondary N) is 2. The third-order valence-electron chi connectivity index (χ3n) is 3.63. The monoisotopic (exact) mass is 327 g/mol. The van der Waals surface area contributed by atoms with Crippen molar-refractivity contribution in [3.8, 4) is 22.8 Å². The molecule has 0 amide bonds. The van der Waals surface area contributed by atoms with Crippen LogP contribution in [0.4, 0.5) is 5.95 Å². The summed E-state index contributed by atoms with van der Waals surface area (Å²) in [5, 5.41) is 3.98. The molecule has 3 aromatic rings. The van der Waals surface area contributed by atoms with Crippen molar-refractivity contribution in [1.82, 2.24) is 9.97 Å². The number of aromatic nitrogens is 2. The van der Waals surface area contributed by atoms with Gasteiger partial charge in [-0.1, -0.05) is 29.8 Å². The molecule has 0 unspecified atom stereocenters. The first-order valence-electron chi connectivity index (χ1n) is 7.21. The van der Waals surface area contributed by atoms with Crippen molar-refractivity contribution >= 4 is 17.5 Å². The molecule has 1 aromatic heterocycles. The van der Waals surface area contributed by atoms with Crippen LogP contribution >= 0.6 is 11.6 Å². The second kappa shape index (κ2) is 5.85. The second-order valence-electron chi connectivity index (χ2n) is 5.19. The van der Waals surface area contributed by atoms with Gasteiger partial charge in [-0.05, 0) is 35.4 Å². The Labute approximate surface area is 138 Å². The highest BCUT2D eigenvalue weighted by Gasteiger charge is 2.13. The van der Waals surface area contributed by atoms with E-state index in [9.17, 15) is 0 Å². The van der Waals surface area contributed by atoms with Crippen molar-refractivity contribution < 1.29 is 9.47 Å². The van der Waals surface area contributed by atoms with E-state index < -0.39 is 0 Å². The molecule has 0 saturated heterocycles. The molecule has 0 spiro atoms. The van der Waals surface area contributed by atoms with Crippen LogP contribution in [0.3, 0.4) is 0 Å². The molecule has 6 heteroatoms. The summed E-state index contributed by atoms with van der Waals surface area (Å²) in [5.41, 5.74) is 3.08. The molecule has 4 rings (SSSR count).